The van der Waals surface area contributed by atoms with Gasteiger partial charge in [-0.3, -0.25) is 0 Å². The molecule has 0 saturated carbocycles. The molecule has 2 aromatic heterocycles. The molecule has 1 aliphatic rings. The van der Waals surface area contributed by atoms with E-state index in [1.165, 1.54) is 0 Å². The maximum absolute atomic E-state index is 14.3. The predicted octanol–water partition coefficient (Wildman–Crippen LogP) is 2.35. The summed E-state index contributed by atoms with van der Waals surface area (Å²) in [5.41, 5.74) is 2.48. The number of nitrogens with one attached hydrogen (secondary N) is 2. The molecule has 0 fully saturated rings. The number of hydrogen-bond donors (Lipinski definition) is 2. The second-order valence-electron chi connectivity index (χ2n) is 6.49. The van der Waals surface area contributed by atoms with Crippen molar-refractivity contribution in [2.24, 2.45) is 5.92 Å². The molecule has 3 aromatic rings. The summed E-state index contributed by atoms with van der Waals surface area (Å²) in [6.07, 6.45) is 4.97. The standard InChI is InChI=1S/C18H21FN6/c1-13-6-18-22-10-15(11-25(18)23-13)9-21-8-14-2-3-17(16(19)7-14)24-5-4-20-12-24/h2-7,12,15,21-22H,8-11H2,1H3/t15-/m0/s1. The molecule has 0 bridgehead atoms. The van der Waals surface area contributed by atoms with E-state index in [0.29, 0.717) is 18.2 Å². The van der Waals surface area contributed by atoms with E-state index in [9.17, 15) is 4.39 Å². The minimum atomic E-state index is -0.242. The molecule has 7 heteroatoms. The minimum Gasteiger partial charge on any atom is -0.370 e. The second-order valence-corrected chi connectivity index (χ2v) is 6.49. The van der Waals surface area contributed by atoms with Gasteiger partial charge in [0.25, 0.3) is 0 Å². The third-order valence-corrected chi connectivity index (χ3v) is 4.46. The Kier molecular flexibility index (Phi) is 4.23. The van der Waals surface area contributed by atoms with Gasteiger partial charge in [-0.25, -0.2) is 14.1 Å². The number of aryl methyl sites for hydroxylation is 1. The zero-order valence-corrected chi connectivity index (χ0v) is 14.1. The fourth-order valence-electron chi connectivity index (χ4n) is 3.21. The smallest absolute Gasteiger partial charge is 0.147 e. The Bertz CT molecular complexity index is 855. The first-order valence-electron chi connectivity index (χ1n) is 8.45. The molecule has 0 amide bonds. The predicted molar refractivity (Wildman–Crippen MR) is 94.2 cm³/mol. The van der Waals surface area contributed by atoms with Gasteiger partial charge in [-0.2, -0.15) is 5.10 Å². The van der Waals surface area contributed by atoms with Crippen LogP contribution in [-0.2, 0) is 13.1 Å². The van der Waals surface area contributed by atoms with E-state index in [0.717, 1.165) is 36.7 Å². The third kappa shape index (κ3) is 3.41. The molecule has 2 N–H and O–H groups in total. The van der Waals surface area contributed by atoms with Crippen LogP contribution >= 0.6 is 0 Å². The molecule has 1 aromatic carbocycles. The van der Waals surface area contributed by atoms with E-state index in [2.05, 4.69) is 26.8 Å². The van der Waals surface area contributed by atoms with E-state index >= 15 is 0 Å². The summed E-state index contributed by atoms with van der Waals surface area (Å²) < 4.78 is 18.0. The van der Waals surface area contributed by atoms with Gasteiger partial charge in [0.05, 0.1) is 17.7 Å². The first kappa shape index (κ1) is 15.8. The van der Waals surface area contributed by atoms with Gasteiger partial charge in [0.1, 0.15) is 11.6 Å². The quantitative estimate of drug-likeness (QED) is 0.748. The van der Waals surface area contributed by atoms with Crippen molar-refractivity contribution in [3.8, 4) is 5.69 Å². The van der Waals surface area contributed by atoms with Crippen LogP contribution < -0.4 is 10.6 Å². The van der Waals surface area contributed by atoms with E-state index < -0.39 is 0 Å². The molecule has 0 spiro atoms. The fraction of sp³-hybridized carbons (Fsp3) is 0.333. The maximum atomic E-state index is 14.3. The molecule has 4 rings (SSSR count). The first-order chi connectivity index (χ1) is 12.2. The van der Waals surface area contributed by atoms with Gasteiger partial charge in [0, 0.05) is 50.6 Å². The number of aromatic nitrogens is 4. The minimum absolute atomic E-state index is 0.242. The Morgan fingerprint density at radius 2 is 2.28 bits per heavy atom. The molecule has 25 heavy (non-hydrogen) atoms. The SMILES string of the molecule is Cc1cc2n(n1)C[C@@H](CNCc1ccc(-n3ccnc3)c(F)c1)CN2. The van der Waals surface area contributed by atoms with Gasteiger partial charge in [0.15, 0.2) is 0 Å². The molecule has 0 radical (unpaired) electrons. The number of halogens is 1. The van der Waals surface area contributed by atoms with Crippen molar-refractivity contribution in [3.63, 3.8) is 0 Å². The Morgan fingerprint density at radius 1 is 1.36 bits per heavy atom. The van der Waals surface area contributed by atoms with Crippen molar-refractivity contribution >= 4 is 5.82 Å². The normalized spacial score (nSPS) is 16.5. The van der Waals surface area contributed by atoms with Gasteiger partial charge in [0.2, 0.25) is 0 Å². The summed E-state index contributed by atoms with van der Waals surface area (Å²) in [6.45, 7) is 5.32. The highest BCUT2D eigenvalue weighted by Gasteiger charge is 2.18. The number of rotatable bonds is 5. The molecule has 0 unspecified atom stereocenters. The first-order valence-corrected chi connectivity index (χ1v) is 8.45. The van der Waals surface area contributed by atoms with Crippen molar-refractivity contribution in [2.45, 2.75) is 20.0 Å². The average Bonchev–Trinajstić information content (AvgIpc) is 3.23. The second kappa shape index (κ2) is 6.68. The molecule has 130 valence electrons. The van der Waals surface area contributed by atoms with Crippen LogP contribution in [0.3, 0.4) is 0 Å². The Hall–Kier alpha value is -2.67. The Balaban J connectivity index is 1.32. The lowest BCUT2D eigenvalue weighted by Gasteiger charge is -2.25. The number of imidazole rings is 1. The topological polar surface area (TPSA) is 59.7 Å². The molecule has 1 atom stereocenters. The van der Waals surface area contributed by atoms with E-state index in [4.69, 9.17) is 0 Å². The van der Waals surface area contributed by atoms with Gasteiger partial charge < -0.3 is 15.2 Å². The van der Waals surface area contributed by atoms with Crippen LogP contribution in [0.15, 0.2) is 43.0 Å². The number of hydrogen-bond acceptors (Lipinski definition) is 4. The zero-order valence-electron chi connectivity index (χ0n) is 14.1. The number of fused-ring (bicyclic) bond motifs is 1. The maximum Gasteiger partial charge on any atom is 0.147 e. The molecular weight excluding hydrogens is 319 g/mol. The third-order valence-electron chi connectivity index (χ3n) is 4.46. The summed E-state index contributed by atoms with van der Waals surface area (Å²) in [5.74, 6) is 1.31. The number of benzene rings is 1. The average molecular weight is 340 g/mol. The number of nitrogens with zero attached hydrogens (tertiary/aromatic N) is 4. The fourth-order valence-corrected chi connectivity index (χ4v) is 3.21. The monoisotopic (exact) mass is 340 g/mol. The van der Waals surface area contributed by atoms with Gasteiger partial charge in [-0.1, -0.05) is 6.07 Å². The highest BCUT2D eigenvalue weighted by atomic mass is 19.1. The molecule has 3 heterocycles. The molecule has 0 saturated heterocycles. The molecule has 1 aliphatic heterocycles. The van der Waals surface area contributed by atoms with Crippen LogP contribution in [0.2, 0.25) is 0 Å². The van der Waals surface area contributed by atoms with E-state index in [-0.39, 0.29) is 5.82 Å². The summed E-state index contributed by atoms with van der Waals surface area (Å²) in [4.78, 5) is 3.95. The summed E-state index contributed by atoms with van der Waals surface area (Å²) in [6, 6.07) is 7.37. The summed E-state index contributed by atoms with van der Waals surface area (Å²) >= 11 is 0. The van der Waals surface area contributed by atoms with Gasteiger partial charge >= 0.3 is 0 Å². The largest absolute Gasteiger partial charge is 0.370 e. The van der Waals surface area contributed by atoms with Crippen molar-refractivity contribution in [1.29, 1.82) is 0 Å². The summed E-state index contributed by atoms with van der Waals surface area (Å²) in [5, 5.41) is 11.3. The molecule has 6 nitrogen and oxygen atoms in total. The number of anilines is 1. The van der Waals surface area contributed by atoms with Crippen LogP contribution in [-0.4, -0.2) is 32.4 Å². The molecular formula is C18H21FN6. The highest BCUT2D eigenvalue weighted by Crippen LogP contribution is 2.18. The lowest BCUT2D eigenvalue weighted by atomic mass is 10.1. The van der Waals surface area contributed by atoms with Gasteiger partial charge in [-0.15, -0.1) is 0 Å². The van der Waals surface area contributed by atoms with E-state index in [1.807, 2.05) is 17.7 Å². The van der Waals surface area contributed by atoms with Crippen molar-refractivity contribution in [3.05, 3.63) is 60.1 Å². The van der Waals surface area contributed by atoms with Crippen LogP contribution in [0.5, 0.6) is 0 Å². The molecule has 0 aliphatic carbocycles. The van der Waals surface area contributed by atoms with E-state index in [1.54, 1.807) is 35.4 Å². The lowest BCUT2D eigenvalue weighted by molar-refractivity contribution is 0.390. The van der Waals surface area contributed by atoms with Crippen LogP contribution in [0.4, 0.5) is 10.2 Å². The zero-order chi connectivity index (χ0) is 17.2. The van der Waals surface area contributed by atoms with Crippen molar-refractivity contribution in [1.82, 2.24) is 24.6 Å². The highest BCUT2D eigenvalue weighted by molar-refractivity contribution is 5.38. The van der Waals surface area contributed by atoms with Gasteiger partial charge in [-0.05, 0) is 24.6 Å². The Morgan fingerprint density at radius 3 is 3.08 bits per heavy atom. The lowest BCUT2D eigenvalue weighted by Crippen LogP contribution is -2.35. The van der Waals surface area contributed by atoms with Crippen molar-refractivity contribution < 1.29 is 4.39 Å². The van der Waals surface area contributed by atoms with Crippen LogP contribution in [0, 0.1) is 18.7 Å². The van der Waals surface area contributed by atoms with Crippen LogP contribution in [0.1, 0.15) is 11.3 Å². The van der Waals surface area contributed by atoms with Crippen molar-refractivity contribution in [2.75, 3.05) is 18.4 Å². The van der Waals surface area contributed by atoms with Crippen LogP contribution in [0.25, 0.3) is 5.69 Å². The summed E-state index contributed by atoms with van der Waals surface area (Å²) in [7, 11) is 0. The Labute approximate surface area is 145 Å².